The Balaban J connectivity index is 1.55. The number of hydrogen-bond donors (Lipinski definition) is 2. The van der Waals surface area contributed by atoms with Crippen molar-refractivity contribution in [3.05, 3.63) is 35.8 Å². The number of ketones is 1. The van der Waals surface area contributed by atoms with Crippen LogP contribution in [0.5, 0.6) is 0 Å². The number of fused-ring (bicyclic) bond motifs is 5. The number of methoxy groups -OCH3 is 1. The maximum Gasteiger partial charge on any atom is 0.335 e. The summed E-state index contributed by atoms with van der Waals surface area (Å²) in [5, 5.41) is 24.2. The molecular formula is C32H40O11. The highest BCUT2D eigenvalue weighted by atomic mass is 16.6. The van der Waals surface area contributed by atoms with E-state index in [1.54, 1.807) is 53.0 Å². The summed E-state index contributed by atoms with van der Waals surface area (Å²) < 4.78 is 28.7. The topological polar surface area (TPSA) is 162 Å². The van der Waals surface area contributed by atoms with E-state index in [9.17, 15) is 29.4 Å². The van der Waals surface area contributed by atoms with Gasteiger partial charge in [-0.25, -0.2) is 9.59 Å². The Morgan fingerprint density at radius 3 is 2.47 bits per heavy atom. The Morgan fingerprint density at radius 2 is 1.86 bits per heavy atom. The molecule has 6 rings (SSSR count). The molecule has 11 atom stereocenters. The van der Waals surface area contributed by atoms with E-state index in [1.807, 2.05) is 6.92 Å². The summed E-state index contributed by atoms with van der Waals surface area (Å²) in [4.78, 5) is 54.1. The van der Waals surface area contributed by atoms with Gasteiger partial charge in [-0.1, -0.05) is 33.8 Å². The lowest BCUT2D eigenvalue weighted by Crippen LogP contribution is -2.81. The van der Waals surface area contributed by atoms with Crippen LogP contribution in [0.3, 0.4) is 0 Å². The van der Waals surface area contributed by atoms with Gasteiger partial charge in [0.25, 0.3) is 0 Å². The number of epoxide rings is 1. The second-order valence-electron chi connectivity index (χ2n) is 14.1. The van der Waals surface area contributed by atoms with Gasteiger partial charge in [0, 0.05) is 45.1 Å². The second kappa shape index (κ2) is 9.25. The van der Waals surface area contributed by atoms with E-state index < -0.39 is 93.3 Å². The van der Waals surface area contributed by atoms with Gasteiger partial charge in [0.1, 0.15) is 23.9 Å². The highest BCUT2D eigenvalue weighted by Gasteiger charge is 2.91. The molecular weight excluding hydrogens is 560 g/mol. The highest BCUT2D eigenvalue weighted by Crippen LogP contribution is 2.78. The lowest BCUT2D eigenvalue weighted by Gasteiger charge is -2.67. The third-order valence-corrected chi connectivity index (χ3v) is 11.8. The molecule has 2 bridgehead atoms. The van der Waals surface area contributed by atoms with Crippen LogP contribution in [0.15, 0.2) is 34.7 Å². The Morgan fingerprint density at radius 1 is 1.16 bits per heavy atom. The molecule has 11 heteroatoms. The number of rotatable bonds is 5. The maximum atomic E-state index is 14.7. The molecule has 234 valence electrons. The summed E-state index contributed by atoms with van der Waals surface area (Å²) in [5.41, 5.74) is -6.06. The van der Waals surface area contributed by atoms with Crippen molar-refractivity contribution in [1.82, 2.24) is 0 Å². The molecule has 1 spiro atoms. The van der Waals surface area contributed by atoms with E-state index in [4.69, 9.17) is 23.4 Å². The lowest BCUT2D eigenvalue weighted by molar-refractivity contribution is -0.260. The fourth-order valence-corrected chi connectivity index (χ4v) is 9.95. The monoisotopic (exact) mass is 600 g/mol. The van der Waals surface area contributed by atoms with Gasteiger partial charge >= 0.3 is 17.9 Å². The molecule has 3 aliphatic carbocycles. The van der Waals surface area contributed by atoms with Crippen molar-refractivity contribution in [2.24, 2.45) is 34.0 Å². The van der Waals surface area contributed by atoms with E-state index in [0.29, 0.717) is 18.4 Å². The van der Waals surface area contributed by atoms with Crippen LogP contribution in [0.4, 0.5) is 0 Å². The fraction of sp³-hybridized carbons (Fsp3) is 0.688. The SMILES string of the molecule is C/C=C(\C)C(=O)O[C@H]1C(C)(C)[C@H]([C@@H](O)C(=O)OC)[C@]2(C)C(=O)[C@@]1(O)[C@H]1O[C@]13[C@@H]1CC(=O)O[C@@H](c4ccoc4)[C@]1(C)CC[C@H]23. The first kappa shape index (κ1) is 30.0. The smallest absolute Gasteiger partial charge is 0.335 e. The summed E-state index contributed by atoms with van der Waals surface area (Å²) >= 11 is 0. The van der Waals surface area contributed by atoms with Crippen molar-refractivity contribution >= 4 is 23.7 Å². The first-order valence-corrected chi connectivity index (χ1v) is 14.8. The Kier molecular flexibility index (Phi) is 6.46. The zero-order valence-electron chi connectivity index (χ0n) is 25.5. The van der Waals surface area contributed by atoms with Crippen molar-refractivity contribution in [1.29, 1.82) is 0 Å². The largest absolute Gasteiger partial charge is 0.472 e. The third-order valence-electron chi connectivity index (χ3n) is 11.8. The maximum absolute atomic E-state index is 14.7. The summed E-state index contributed by atoms with van der Waals surface area (Å²) in [6.45, 7) is 10.2. The summed E-state index contributed by atoms with van der Waals surface area (Å²) in [6, 6.07) is 1.75. The number of aliphatic hydroxyl groups is 2. The van der Waals surface area contributed by atoms with Crippen LogP contribution >= 0.6 is 0 Å². The zero-order chi connectivity index (χ0) is 31.5. The van der Waals surface area contributed by atoms with Crippen LogP contribution in [-0.4, -0.2) is 70.5 Å². The molecule has 0 radical (unpaired) electrons. The van der Waals surface area contributed by atoms with E-state index in [2.05, 4.69) is 0 Å². The zero-order valence-corrected chi connectivity index (χ0v) is 25.5. The van der Waals surface area contributed by atoms with Gasteiger partial charge in [-0.15, -0.1) is 0 Å². The van der Waals surface area contributed by atoms with Crippen LogP contribution in [-0.2, 0) is 38.1 Å². The number of furan rings is 1. The first-order valence-electron chi connectivity index (χ1n) is 14.8. The number of cyclic esters (lactones) is 1. The summed E-state index contributed by atoms with van der Waals surface area (Å²) in [5.74, 6) is -5.01. The van der Waals surface area contributed by atoms with Gasteiger partial charge in [-0.3, -0.25) is 9.59 Å². The highest BCUT2D eigenvalue weighted by molar-refractivity contribution is 5.99. The number of esters is 3. The van der Waals surface area contributed by atoms with Crippen LogP contribution in [0.1, 0.15) is 72.5 Å². The van der Waals surface area contributed by atoms with Crippen molar-refractivity contribution in [3.63, 3.8) is 0 Å². The lowest BCUT2D eigenvalue weighted by atomic mass is 9.36. The molecule has 5 aliphatic rings. The molecule has 43 heavy (non-hydrogen) atoms. The average Bonchev–Trinajstić information content (AvgIpc) is 3.45. The quantitative estimate of drug-likeness (QED) is 0.221. The number of carbonyl (C=O) groups is 4. The molecule has 0 aromatic carbocycles. The minimum Gasteiger partial charge on any atom is -0.472 e. The normalized spacial score (nSPS) is 45.1. The van der Waals surface area contributed by atoms with Crippen molar-refractivity contribution in [2.45, 2.75) is 96.4 Å². The molecule has 2 N–H and O–H groups in total. The number of hydrogen-bond acceptors (Lipinski definition) is 11. The van der Waals surface area contributed by atoms with E-state index in [0.717, 1.165) is 7.11 Å². The minimum absolute atomic E-state index is 0.0199. The van der Waals surface area contributed by atoms with Gasteiger partial charge in [0.2, 0.25) is 0 Å². The predicted molar refractivity (Wildman–Crippen MR) is 147 cm³/mol. The minimum atomic E-state index is -2.32. The van der Waals surface area contributed by atoms with Crippen LogP contribution in [0, 0.1) is 34.0 Å². The predicted octanol–water partition coefficient (Wildman–Crippen LogP) is 2.83. The van der Waals surface area contributed by atoms with Gasteiger partial charge in [-0.05, 0) is 32.8 Å². The number of carbonyl (C=O) groups excluding carboxylic acids is 4. The fourth-order valence-electron chi connectivity index (χ4n) is 9.95. The molecule has 1 aromatic heterocycles. The van der Waals surface area contributed by atoms with Crippen molar-refractivity contribution in [2.75, 3.05) is 7.11 Å². The van der Waals surface area contributed by atoms with E-state index >= 15 is 0 Å². The number of allylic oxidation sites excluding steroid dienone is 1. The molecule has 1 aromatic rings. The van der Waals surface area contributed by atoms with E-state index in [1.165, 1.54) is 6.26 Å². The summed E-state index contributed by atoms with van der Waals surface area (Å²) in [7, 11) is 1.15. The number of ether oxygens (including phenoxy) is 4. The Hall–Kier alpha value is -3.02. The number of Topliss-reactive ketones (excluding diaryl/α,β-unsaturated/α-hetero) is 1. The van der Waals surface area contributed by atoms with Gasteiger partial charge in [-0.2, -0.15) is 0 Å². The molecule has 11 nitrogen and oxygen atoms in total. The Labute approximate surface area is 249 Å². The average molecular weight is 601 g/mol. The van der Waals surface area contributed by atoms with Crippen molar-refractivity contribution in [3.8, 4) is 0 Å². The van der Waals surface area contributed by atoms with Crippen LogP contribution < -0.4 is 0 Å². The third kappa shape index (κ3) is 3.52. The van der Waals surface area contributed by atoms with Gasteiger partial charge in [0.15, 0.2) is 17.5 Å². The molecule has 2 saturated heterocycles. The molecule has 2 aliphatic heterocycles. The molecule has 5 fully saturated rings. The molecule has 3 heterocycles. The Bertz CT molecular complexity index is 1410. The van der Waals surface area contributed by atoms with Gasteiger partial charge in [0.05, 0.1) is 26.1 Å². The van der Waals surface area contributed by atoms with E-state index in [-0.39, 0.29) is 12.0 Å². The number of aliphatic hydroxyl groups excluding tert-OH is 1. The first-order chi connectivity index (χ1) is 20.1. The molecule has 3 saturated carbocycles. The van der Waals surface area contributed by atoms with Crippen molar-refractivity contribution < 1.29 is 52.8 Å². The van der Waals surface area contributed by atoms with Crippen LogP contribution in [0.25, 0.3) is 0 Å². The standard InChI is InChI=1S/C32H40O11/c1-8-15(2)23(35)42-26-28(3,4)21(20(34)24(36)39-7)30(6)17-9-11-29(5)18(32(17)27(43-32)31(26,38)25(30)37)13-19(33)41-22(29)16-10-12-40-14-16/h8,10,12,14,17-18,20-22,26-27,34,38H,9,11,13H2,1-7H3/b15-8+/t17-,18-,20-,21+,22+,26+,27-,29-,30-,31+,32-/m1/s1. The second-order valence-corrected chi connectivity index (χ2v) is 14.1. The van der Waals surface area contributed by atoms with Crippen LogP contribution in [0.2, 0.25) is 0 Å². The van der Waals surface area contributed by atoms with Gasteiger partial charge < -0.3 is 33.6 Å². The molecule has 0 unspecified atom stereocenters. The summed E-state index contributed by atoms with van der Waals surface area (Å²) in [6.07, 6.45) is 0.521. The molecule has 0 amide bonds.